The highest BCUT2D eigenvalue weighted by Gasteiger charge is 2.36. The molecule has 0 aliphatic heterocycles. The third-order valence-electron chi connectivity index (χ3n) is 2.70. The molecule has 1 aromatic carbocycles. The Bertz CT molecular complexity index is 653. The van der Waals surface area contributed by atoms with Gasteiger partial charge in [0, 0.05) is 0 Å². The van der Waals surface area contributed by atoms with Crippen LogP contribution in [0.15, 0.2) is 29.6 Å². The second-order valence-corrected chi connectivity index (χ2v) is 6.31. The topological polar surface area (TPSA) is 85.6 Å². The second kappa shape index (κ2) is 9.26. The van der Waals surface area contributed by atoms with Crippen molar-refractivity contribution in [3.63, 3.8) is 0 Å². The van der Waals surface area contributed by atoms with Crippen LogP contribution in [0.4, 0.5) is 0 Å². The van der Waals surface area contributed by atoms with Crippen molar-refractivity contribution in [1.29, 1.82) is 5.26 Å². The highest BCUT2D eigenvalue weighted by molar-refractivity contribution is 7.60. The number of benzene rings is 1. The van der Waals surface area contributed by atoms with Gasteiger partial charge in [-0.1, -0.05) is 12.1 Å². The lowest BCUT2D eigenvalue weighted by Crippen LogP contribution is -2.11. The maximum Gasteiger partial charge on any atom is 0.368 e. The third kappa shape index (κ3) is 5.33. The largest absolute Gasteiger partial charge is 0.462 e. The Morgan fingerprint density at radius 3 is 2.39 bits per heavy atom. The lowest BCUT2D eigenvalue weighted by molar-refractivity contribution is -0.137. The van der Waals surface area contributed by atoms with Gasteiger partial charge in [0.25, 0.3) is 0 Å². The molecule has 124 valence electrons. The maximum absolute atomic E-state index is 12.9. The molecule has 0 radical (unpaired) electrons. The van der Waals surface area contributed by atoms with Crippen molar-refractivity contribution in [3.05, 3.63) is 40.7 Å². The van der Waals surface area contributed by atoms with Crippen LogP contribution < -0.4 is 0 Å². The van der Waals surface area contributed by atoms with Gasteiger partial charge < -0.3 is 13.8 Å². The number of carbonyl (C=O) groups excluding carboxylic acids is 1. The van der Waals surface area contributed by atoms with Crippen LogP contribution in [0.1, 0.15) is 31.9 Å². The van der Waals surface area contributed by atoms with E-state index in [1.807, 2.05) is 6.07 Å². The molecular weight excluding hydrogens is 317 g/mol. The van der Waals surface area contributed by atoms with E-state index >= 15 is 0 Å². The van der Waals surface area contributed by atoms with Crippen molar-refractivity contribution in [1.82, 2.24) is 0 Å². The Morgan fingerprint density at radius 1 is 1.22 bits per heavy atom. The molecule has 0 spiro atoms. The molecule has 0 N–H and O–H groups in total. The van der Waals surface area contributed by atoms with Gasteiger partial charge in [-0.25, -0.2) is 4.79 Å². The molecule has 0 atom stereocenters. The minimum atomic E-state index is -3.80. The van der Waals surface area contributed by atoms with Gasteiger partial charge in [0.05, 0.1) is 31.5 Å². The summed E-state index contributed by atoms with van der Waals surface area (Å²) < 4.78 is 28.3. The van der Waals surface area contributed by atoms with Crippen molar-refractivity contribution < 1.29 is 23.1 Å². The fourth-order valence-corrected chi connectivity index (χ4v) is 3.45. The summed E-state index contributed by atoms with van der Waals surface area (Å²) in [4.78, 5) is 12.2. The normalized spacial score (nSPS) is 11.8. The number of nitriles is 1. The summed E-state index contributed by atoms with van der Waals surface area (Å²) in [6, 6.07) is 8.56. The predicted octanol–water partition coefficient (Wildman–Crippen LogP) is 3.73. The van der Waals surface area contributed by atoms with E-state index in [4.69, 9.17) is 19.0 Å². The first-order valence-electron chi connectivity index (χ1n) is 7.29. The van der Waals surface area contributed by atoms with Gasteiger partial charge in [-0.2, -0.15) is 5.26 Å². The Labute approximate surface area is 136 Å². The molecule has 1 rings (SSSR count). The smallest absolute Gasteiger partial charge is 0.368 e. The van der Waals surface area contributed by atoms with Crippen LogP contribution in [-0.4, -0.2) is 25.8 Å². The predicted molar refractivity (Wildman–Crippen MR) is 86.6 cm³/mol. The number of ether oxygens (including phenoxy) is 1. The van der Waals surface area contributed by atoms with Crippen LogP contribution in [0.2, 0.25) is 0 Å². The SMILES string of the molecule is CCOC(=O)/C(=C/c1cccc(C#N)c1)P(=O)(OCC)OCC. The molecule has 0 amide bonds. The van der Waals surface area contributed by atoms with Crippen molar-refractivity contribution in [3.8, 4) is 6.07 Å². The van der Waals surface area contributed by atoms with Crippen molar-refractivity contribution in [2.24, 2.45) is 0 Å². The van der Waals surface area contributed by atoms with E-state index in [0.717, 1.165) is 0 Å². The summed E-state index contributed by atoms with van der Waals surface area (Å²) in [7, 11) is -3.80. The number of rotatable bonds is 8. The summed E-state index contributed by atoms with van der Waals surface area (Å²) in [5.41, 5.74) is 0.955. The molecule has 0 aromatic heterocycles. The summed E-state index contributed by atoms with van der Waals surface area (Å²) in [5.74, 6) is -0.764. The first-order valence-corrected chi connectivity index (χ1v) is 8.83. The van der Waals surface area contributed by atoms with E-state index in [-0.39, 0.29) is 25.1 Å². The van der Waals surface area contributed by atoms with E-state index in [1.54, 1.807) is 45.0 Å². The maximum atomic E-state index is 12.9. The molecule has 23 heavy (non-hydrogen) atoms. The quantitative estimate of drug-likeness (QED) is 0.408. The monoisotopic (exact) mass is 337 g/mol. The lowest BCUT2D eigenvalue weighted by atomic mass is 10.1. The van der Waals surface area contributed by atoms with Crippen LogP contribution in [-0.2, 0) is 23.1 Å². The number of hydrogen-bond donors (Lipinski definition) is 0. The van der Waals surface area contributed by atoms with E-state index in [1.165, 1.54) is 6.08 Å². The van der Waals surface area contributed by atoms with E-state index in [9.17, 15) is 9.36 Å². The zero-order chi connectivity index (χ0) is 17.3. The van der Waals surface area contributed by atoms with Crippen LogP contribution in [0.5, 0.6) is 0 Å². The fraction of sp³-hybridized carbons (Fsp3) is 0.375. The lowest BCUT2D eigenvalue weighted by Gasteiger charge is -2.19. The van der Waals surface area contributed by atoms with Crippen LogP contribution in [0.3, 0.4) is 0 Å². The first-order chi connectivity index (χ1) is 11.0. The van der Waals surface area contributed by atoms with Crippen molar-refractivity contribution in [2.45, 2.75) is 20.8 Å². The van der Waals surface area contributed by atoms with Gasteiger partial charge in [-0.3, -0.25) is 4.57 Å². The van der Waals surface area contributed by atoms with Gasteiger partial charge in [-0.05, 0) is 44.5 Å². The number of carbonyl (C=O) groups is 1. The van der Waals surface area contributed by atoms with E-state index in [0.29, 0.717) is 11.1 Å². The van der Waals surface area contributed by atoms with Gasteiger partial charge in [0.1, 0.15) is 5.31 Å². The number of nitrogens with zero attached hydrogens (tertiary/aromatic N) is 1. The number of esters is 1. The van der Waals surface area contributed by atoms with Crippen LogP contribution in [0.25, 0.3) is 6.08 Å². The Kier molecular flexibility index (Phi) is 7.70. The summed E-state index contributed by atoms with van der Waals surface area (Å²) in [6.45, 7) is 5.33. The standard InChI is InChI=1S/C16H20NO5P/c1-4-20-16(18)15(23(19,21-5-2)22-6-3)11-13-8-7-9-14(10-13)12-17/h7-11H,4-6H2,1-3H3/b15-11-. The molecule has 0 fully saturated rings. The second-order valence-electron chi connectivity index (χ2n) is 4.32. The van der Waals surface area contributed by atoms with Crippen molar-refractivity contribution in [2.75, 3.05) is 19.8 Å². The zero-order valence-corrected chi connectivity index (χ0v) is 14.3. The minimum absolute atomic E-state index is 0.117. The molecule has 0 heterocycles. The molecule has 0 saturated carbocycles. The third-order valence-corrected chi connectivity index (χ3v) is 4.79. The molecule has 1 aromatic rings. The van der Waals surface area contributed by atoms with Gasteiger partial charge in [-0.15, -0.1) is 0 Å². The van der Waals surface area contributed by atoms with Gasteiger partial charge >= 0.3 is 13.6 Å². The first kappa shape index (κ1) is 19.1. The highest BCUT2D eigenvalue weighted by atomic mass is 31.2. The van der Waals surface area contributed by atoms with Crippen LogP contribution in [0, 0.1) is 11.3 Å². The molecule has 0 aliphatic rings. The minimum Gasteiger partial charge on any atom is -0.462 e. The van der Waals surface area contributed by atoms with Gasteiger partial charge in [0.15, 0.2) is 0 Å². The zero-order valence-electron chi connectivity index (χ0n) is 13.4. The molecule has 0 bridgehead atoms. The van der Waals surface area contributed by atoms with E-state index < -0.39 is 13.6 Å². The average Bonchev–Trinajstić information content (AvgIpc) is 2.53. The summed E-state index contributed by atoms with van der Waals surface area (Å²) in [6.07, 6.45) is 1.38. The van der Waals surface area contributed by atoms with Gasteiger partial charge in [0.2, 0.25) is 0 Å². The summed E-state index contributed by atoms with van der Waals surface area (Å²) in [5, 5.41) is 8.77. The molecule has 0 unspecified atom stereocenters. The van der Waals surface area contributed by atoms with Crippen LogP contribution >= 0.6 is 7.60 Å². The molecular formula is C16H20NO5P. The Morgan fingerprint density at radius 2 is 1.87 bits per heavy atom. The van der Waals surface area contributed by atoms with E-state index in [2.05, 4.69) is 0 Å². The Balaban J connectivity index is 3.38. The average molecular weight is 337 g/mol. The Hall–Kier alpha value is -1.93. The fourth-order valence-electron chi connectivity index (χ4n) is 1.83. The number of hydrogen-bond acceptors (Lipinski definition) is 6. The molecule has 6 nitrogen and oxygen atoms in total. The highest BCUT2D eigenvalue weighted by Crippen LogP contribution is 2.57. The summed E-state index contributed by atoms with van der Waals surface area (Å²) >= 11 is 0. The molecule has 0 aliphatic carbocycles. The molecule has 0 saturated heterocycles. The van der Waals surface area contributed by atoms with Crippen molar-refractivity contribution >= 4 is 19.6 Å². The molecule has 7 heteroatoms.